The Morgan fingerprint density at radius 1 is 0.436 bits per heavy atom. The van der Waals surface area contributed by atoms with Gasteiger partial charge in [0.05, 0.1) is 0 Å². The van der Waals surface area contributed by atoms with E-state index in [1.54, 1.807) is 18.5 Å². The monoisotopic (exact) mass is 980 g/mol. The first kappa shape index (κ1) is 36.0. The van der Waals surface area contributed by atoms with Crippen molar-refractivity contribution in [3.63, 3.8) is 0 Å². The largest absolute Gasteiger partial charge is 2.00 e. The molecule has 0 N–H and O–H groups in total. The number of hydrogen-bond donors (Lipinski definition) is 0. The van der Waals surface area contributed by atoms with Gasteiger partial charge in [-0.15, -0.1) is 71.8 Å². The minimum absolute atomic E-state index is 0. The van der Waals surface area contributed by atoms with Crippen LogP contribution in [0.3, 0.4) is 0 Å². The van der Waals surface area contributed by atoms with Gasteiger partial charge in [-0.25, -0.2) is 9.97 Å². The van der Waals surface area contributed by atoms with E-state index < -0.39 is 0 Å². The molecule has 0 atom stereocenters. The van der Waals surface area contributed by atoms with Gasteiger partial charge in [-0.2, -0.15) is 22.9 Å². The second kappa shape index (κ2) is 15.4. The summed E-state index contributed by atoms with van der Waals surface area (Å²) in [7, 11) is 0. The minimum Gasteiger partial charge on any atom is -0.503 e. The van der Waals surface area contributed by atoms with Crippen molar-refractivity contribution >= 4 is 43.4 Å². The normalized spacial score (nSPS) is 11.0. The SMILES string of the molecule is [Pd+2].[Pt+2].[c-]1c(Oc2[c-]c3c(cc2)c2ccc(Oc4[c-]c(-c5cc6ccccc6cn5)ccc4)[c-]c2n3-c2ncccn2)cccc1-c1cc2ccccc2cn1. The molecule has 0 radical (unpaired) electrons. The third-order valence-electron chi connectivity index (χ3n) is 9.08. The quantitative estimate of drug-likeness (QED) is 0.117. The van der Waals surface area contributed by atoms with Crippen molar-refractivity contribution in [2.45, 2.75) is 0 Å². The number of rotatable bonds is 7. The van der Waals surface area contributed by atoms with E-state index in [4.69, 9.17) is 9.47 Å². The predicted octanol–water partition coefficient (Wildman–Crippen LogP) is 10.8. The van der Waals surface area contributed by atoms with Crippen LogP contribution in [0.15, 0.2) is 152 Å². The van der Waals surface area contributed by atoms with Crippen LogP contribution in [-0.4, -0.2) is 24.5 Å². The molecule has 9 heteroatoms. The first-order valence-electron chi connectivity index (χ1n) is 17.0. The summed E-state index contributed by atoms with van der Waals surface area (Å²) in [4.78, 5) is 18.5. The Bertz CT molecular complexity index is 2810. The van der Waals surface area contributed by atoms with Gasteiger partial charge in [0.25, 0.3) is 0 Å². The zero-order chi connectivity index (χ0) is 35.1. The standard InChI is InChI=1S/C46H25N5O2.Pd.Pt/c1-3-10-34-28-49-42(24-30(34)8-1)32-12-5-14-36(22-32)52-38-16-18-40-41-19-17-39(27-45(41)51(44(40)26-38)46-47-20-7-21-48-46)53-37-15-6-13-33(23-37)43-25-31-9-2-4-11-35(31)29-50-43;;/h1-21,24-25,28-29H;;/q-4;2*+2. The molecule has 0 aliphatic carbocycles. The van der Waals surface area contributed by atoms with Gasteiger partial charge in [-0.05, 0) is 39.0 Å². The van der Waals surface area contributed by atoms with Gasteiger partial charge in [0, 0.05) is 47.8 Å². The van der Waals surface area contributed by atoms with E-state index in [2.05, 4.69) is 80.6 Å². The van der Waals surface area contributed by atoms with E-state index in [0.29, 0.717) is 28.9 Å². The summed E-state index contributed by atoms with van der Waals surface area (Å²) in [5.41, 5.74) is 4.77. The second-order valence-electron chi connectivity index (χ2n) is 12.4. The van der Waals surface area contributed by atoms with Crippen LogP contribution in [0, 0.1) is 24.3 Å². The van der Waals surface area contributed by atoms with Crippen molar-refractivity contribution in [2.24, 2.45) is 0 Å². The molecule has 0 spiro atoms. The molecule has 4 heterocycles. The maximum Gasteiger partial charge on any atom is 2.00 e. The third kappa shape index (κ3) is 7.04. The summed E-state index contributed by atoms with van der Waals surface area (Å²) in [6.45, 7) is 0. The van der Waals surface area contributed by atoms with E-state index >= 15 is 0 Å². The molecule has 0 saturated heterocycles. The summed E-state index contributed by atoms with van der Waals surface area (Å²) in [6, 6.07) is 55.4. The fourth-order valence-corrected chi connectivity index (χ4v) is 6.56. The number of hydrogen-bond acceptors (Lipinski definition) is 6. The van der Waals surface area contributed by atoms with Crippen molar-refractivity contribution in [1.29, 1.82) is 0 Å². The number of pyridine rings is 2. The maximum atomic E-state index is 6.36. The van der Waals surface area contributed by atoms with Crippen molar-refractivity contribution in [2.75, 3.05) is 0 Å². The Labute approximate surface area is 344 Å². The Hall–Kier alpha value is -6.03. The summed E-state index contributed by atoms with van der Waals surface area (Å²) in [6.07, 6.45) is 7.18. The van der Waals surface area contributed by atoms with Crippen LogP contribution in [0.4, 0.5) is 0 Å². The fourth-order valence-electron chi connectivity index (χ4n) is 6.56. The summed E-state index contributed by atoms with van der Waals surface area (Å²) in [5, 5.41) is 6.28. The molecule has 0 aliphatic rings. The number of fused-ring (bicyclic) bond motifs is 5. The van der Waals surface area contributed by atoms with Crippen LogP contribution in [0.25, 0.3) is 71.8 Å². The molecule has 7 nitrogen and oxygen atoms in total. The molecule has 10 aromatic rings. The topological polar surface area (TPSA) is 75.0 Å². The van der Waals surface area contributed by atoms with Crippen molar-refractivity contribution in [3.8, 4) is 51.5 Å². The van der Waals surface area contributed by atoms with Gasteiger partial charge in [0.15, 0.2) is 0 Å². The number of ether oxygens (including phenoxy) is 2. The van der Waals surface area contributed by atoms with Gasteiger partial charge >= 0.3 is 41.5 Å². The Balaban J connectivity index is 0.00000214. The molecule has 0 fully saturated rings. The van der Waals surface area contributed by atoms with Gasteiger partial charge in [0.1, 0.15) is 0 Å². The first-order chi connectivity index (χ1) is 26.2. The second-order valence-corrected chi connectivity index (χ2v) is 12.4. The van der Waals surface area contributed by atoms with Crippen molar-refractivity contribution in [3.05, 3.63) is 176 Å². The van der Waals surface area contributed by atoms with E-state index in [9.17, 15) is 0 Å². The van der Waals surface area contributed by atoms with E-state index in [0.717, 1.165) is 65.9 Å². The molecule has 6 aromatic carbocycles. The van der Waals surface area contributed by atoms with Gasteiger partial charge in [0.2, 0.25) is 5.95 Å². The summed E-state index contributed by atoms with van der Waals surface area (Å²) < 4.78 is 14.6. The molecule has 0 amide bonds. The minimum atomic E-state index is 0. The predicted molar refractivity (Wildman–Crippen MR) is 206 cm³/mol. The van der Waals surface area contributed by atoms with Crippen molar-refractivity contribution in [1.82, 2.24) is 24.5 Å². The number of benzene rings is 6. The molecule has 55 heavy (non-hydrogen) atoms. The van der Waals surface area contributed by atoms with E-state index in [-0.39, 0.29) is 41.5 Å². The van der Waals surface area contributed by atoms with Gasteiger partial charge in [-0.1, -0.05) is 83.8 Å². The number of aromatic nitrogens is 5. The van der Waals surface area contributed by atoms with Crippen LogP contribution in [0.5, 0.6) is 23.0 Å². The van der Waals surface area contributed by atoms with Gasteiger partial charge in [-0.3, -0.25) is 0 Å². The van der Waals surface area contributed by atoms with E-state index in [1.165, 1.54) is 0 Å². The van der Waals surface area contributed by atoms with Crippen molar-refractivity contribution < 1.29 is 51.0 Å². The fraction of sp³-hybridized carbons (Fsp3) is 0. The molecular weight excluding hydrogens is 956 g/mol. The van der Waals surface area contributed by atoms with Crippen LogP contribution in [-0.2, 0) is 41.5 Å². The molecule has 266 valence electrons. The molecule has 10 rings (SSSR count). The molecule has 4 aromatic heterocycles. The Morgan fingerprint density at radius 2 is 0.891 bits per heavy atom. The Morgan fingerprint density at radius 3 is 1.38 bits per heavy atom. The van der Waals surface area contributed by atoms with Crippen LogP contribution < -0.4 is 9.47 Å². The number of nitrogens with zero attached hydrogens (tertiary/aromatic N) is 5. The maximum absolute atomic E-state index is 6.36. The summed E-state index contributed by atoms with van der Waals surface area (Å²) in [5.74, 6) is 2.60. The Kier molecular flexibility index (Phi) is 10.1. The first-order valence-corrected chi connectivity index (χ1v) is 17.0. The zero-order valence-corrected chi connectivity index (χ0v) is 32.4. The summed E-state index contributed by atoms with van der Waals surface area (Å²) >= 11 is 0. The zero-order valence-electron chi connectivity index (χ0n) is 28.6. The average Bonchev–Trinajstić information content (AvgIpc) is 3.53. The van der Waals surface area contributed by atoms with E-state index in [1.807, 2.05) is 102 Å². The van der Waals surface area contributed by atoms with Crippen LogP contribution >= 0.6 is 0 Å². The molecule has 0 aliphatic heterocycles. The third-order valence-corrected chi connectivity index (χ3v) is 9.08. The molecular formula is C46H25N5O2PdPt. The molecule has 0 bridgehead atoms. The average molecular weight is 981 g/mol. The van der Waals surface area contributed by atoms with Gasteiger partial charge < -0.3 is 24.0 Å². The van der Waals surface area contributed by atoms with Crippen LogP contribution in [0.2, 0.25) is 0 Å². The molecule has 0 saturated carbocycles. The smallest absolute Gasteiger partial charge is 0.503 e. The van der Waals surface area contributed by atoms with Crippen LogP contribution in [0.1, 0.15) is 0 Å². The molecule has 0 unspecified atom stereocenters.